The molecule has 0 spiro atoms. The summed E-state index contributed by atoms with van der Waals surface area (Å²) in [4.78, 5) is 7.55. The molecule has 31 heavy (non-hydrogen) atoms. The molecule has 0 amide bonds. The van der Waals surface area contributed by atoms with Gasteiger partial charge in [0.1, 0.15) is 5.69 Å². The van der Waals surface area contributed by atoms with E-state index in [9.17, 15) is 4.39 Å². The minimum atomic E-state index is -0.376. The highest BCUT2D eigenvalue weighted by Crippen LogP contribution is 2.25. The van der Waals surface area contributed by atoms with Gasteiger partial charge in [-0.25, -0.2) is 4.39 Å². The SMILES string of the molecule is Cc1ccc(F)c(-n2nnc(CCN3CCCCn4c(-c5ccncc5)nnc43)n2)c1. The molecule has 5 rings (SSSR count). The molecule has 0 N–H and O–H groups in total. The maximum absolute atomic E-state index is 14.1. The molecule has 158 valence electrons. The first-order valence-electron chi connectivity index (χ1n) is 10.3. The first-order chi connectivity index (χ1) is 15.2. The Morgan fingerprint density at radius 2 is 1.84 bits per heavy atom. The molecule has 1 aromatic carbocycles. The average molecular weight is 419 g/mol. The number of fused-ring (bicyclic) bond motifs is 1. The quantitative estimate of drug-likeness (QED) is 0.491. The summed E-state index contributed by atoms with van der Waals surface area (Å²) >= 11 is 0. The Kier molecular flexibility index (Phi) is 5.11. The van der Waals surface area contributed by atoms with E-state index in [1.165, 1.54) is 10.9 Å². The minimum Gasteiger partial charge on any atom is -0.340 e. The third-order valence-electron chi connectivity index (χ3n) is 5.39. The molecule has 0 saturated heterocycles. The van der Waals surface area contributed by atoms with Gasteiger partial charge in [-0.2, -0.15) is 0 Å². The zero-order chi connectivity index (χ0) is 21.2. The van der Waals surface area contributed by atoms with Crippen LogP contribution in [0.4, 0.5) is 10.3 Å². The van der Waals surface area contributed by atoms with E-state index in [1.807, 2.05) is 19.1 Å². The Bertz CT molecular complexity index is 1180. The summed E-state index contributed by atoms with van der Waals surface area (Å²) < 4.78 is 16.3. The van der Waals surface area contributed by atoms with Gasteiger partial charge in [-0.3, -0.25) is 9.55 Å². The summed E-state index contributed by atoms with van der Waals surface area (Å²) in [7, 11) is 0. The largest absolute Gasteiger partial charge is 0.340 e. The van der Waals surface area contributed by atoms with E-state index in [0.717, 1.165) is 48.8 Å². The van der Waals surface area contributed by atoms with Crippen LogP contribution in [0.1, 0.15) is 24.2 Å². The molecule has 0 bridgehead atoms. The average Bonchev–Trinajstić information content (AvgIpc) is 3.38. The molecular formula is C21H22FN9. The zero-order valence-corrected chi connectivity index (χ0v) is 17.2. The van der Waals surface area contributed by atoms with Crippen LogP contribution in [0, 0.1) is 12.7 Å². The van der Waals surface area contributed by atoms with Gasteiger partial charge in [-0.1, -0.05) is 6.07 Å². The summed E-state index contributed by atoms with van der Waals surface area (Å²) in [5.41, 5.74) is 2.24. The van der Waals surface area contributed by atoms with Crippen molar-refractivity contribution >= 4 is 5.95 Å². The molecule has 0 aliphatic carbocycles. The van der Waals surface area contributed by atoms with E-state index in [1.54, 1.807) is 24.5 Å². The van der Waals surface area contributed by atoms with Crippen molar-refractivity contribution < 1.29 is 4.39 Å². The lowest BCUT2D eigenvalue weighted by atomic mass is 10.2. The lowest BCUT2D eigenvalue weighted by molar-refractivity contribution is 0.590. The molecule has 0 saturated carbocycles. The summed E-state index contributed by atoms with van der Waals surface area (Å²) in [6, 6.07) is 8.72. The van der Waals surface area contributed by atoms with E-state index in [4.69, 9.17) is 0 Å². The van der Waals surface area contributed by atoms with Crippen molar-refractivity contribution in [2.75, 3.05) is 18.0 Å². The number of pyridine rings is 1. The number of anilines is 1. The maximum atomic E-state index is 14.1. The van der Waals surface area contributed by atoms with Crippen LogP contribution in [-0.4, -0.2) is 53.0 Å². The highest BCUT2D eigenvalue weighted by atomic mass is 19.1. The van der Waals surface area contributed by atoms with Crippen LogP contribution in [0.3, 0.4) is 0 Å². The summed E-state index contributed by atoms with van der Waals surface area (Å²) in [5.74, 6) is 1.88. The van der Waals surface area contributed by atoms with E-state index < -0.39 is 0 Å². The van der Waals surface area contributed by atoms with Gasteiger partial charge in [0.25, 0.3) is 0 Å². The van der Waals surface area contributed by atoms with Crippen LogP contribution in [0.5, 0.6) is 0 Å². The normalized spacial score (nSPS) is 13.8. The molecule has 4 heterocycles. The van der Waals surface area contributed by atoms with E-state index in [-0.39, 0.29) is 5.82 Å². The number of tetrazole rings is 1. The van der Waals surface area contributed by atoms with Crippen molar-refractivity contribution in [2.45, 2.75) is 32.7 Å². The predicted octanol–water partition coefficient (Wildman–Crippen LogP) is 2.61. The molecule has 10 heteroatoms. The molecule has 0 unspecified atom stereocenters. The predicted molar refractivity (Wildman–Crippen MR) is 112 cm³/mol. The topological polar surface area (TPSA) is 90.4 Å². The van der Waals surface area contributed by atoms with Gasteiger partial charge in [-0.15, -0.1) is 25.2 Å². The highest BCUT2D eigenvalue weighted by molar-refractivity contribution is 5.57. The Morgan fingerprint density at radius 3 is 2.71 bits per heavy atom. The molecule has 3 aromatic heterocycles. The number of nitrogens with zero attached hydrogens (tertiary/aromatic N) is 9. The molecule has 0 fully saturated rings. The van der Waals surface area contributed by atoms with Crippen LogP contribution in [0.25, 0.3) is 17.1 Å². The van der Waals surface area contributed by atoms with Gasteiger partial charge in [0.2, 0.25) is 5.95 Å². The molecule has 1 aliphatic rings. The third kappa shape index (κ3) is 3.88. The van der Waals surface area contributed by atoms with Crippen LogP contribution in [-0.2, 0) is 13.0 Å². The Hall–Kier alpha value is -3.69. The van der Waals surface area contributed by atoms with Crippen molar-refractivity contribution in [3.63, 3.8) is 0 Å². The summed E-state index contributed by atoms with van der Waals surface area (Å²) in [6.45, 7) is 4.33. The Morgan fingerprint density at radius 1 is 1.00 bits per heavy atom. The third-order valence-corrected chi connectivity index (χ3v) is 5.39. The van der Waals surface area contributed by atoms with Crippen molar-refractivity contribution in [1.29, 1.82) is 0 Å². The fraction of sp³-hybridized carbons (Fsp3) is 0.333. The van der Waals surface area contributed by atoms with Crippen LogP contribution < -0.4 is 4.90 Å². The number of aryl methyl sites for hydroxylation is 1. The maximum Gasteiger partial charge on any atom is 0.227 e. The fourth-order valence-electron chi connectivity index (χ4n) is 3.79. The first-order valence-corrected chi connectivity index (χ1v) is 10.3. The Labute approximate surface area is 178 Å². The number of benzene rings is 1. The molecule has 0 radical (unpaired) electrons. The second kappa shape index (κ2) is 8.21. The zero-order valence-electron chi connectivity index (χ0n) is 17.2. The van der Waals surface area contributed by atoms with Gasteiger partial charge >= 0.3 is 0 Å². The van der Waals surface area contributed by atoms with Crippen molar-refractivity contribution in [2.24, 2.45) is 0 Å². The monoisotopic (exact) mass is 419 g/mol. The van der Waals surface area contributed by atoms with Gasteiger partial charge in [0.05, 0.1) is 0 Å². The number of halogens is 1. The lowest BCUT2D eigenvalue weighted by Crippen LogP contribution is -2.28. The lowest BCUT2D eigenvalue weighted by Gasteiger charge is -2.20. The van der Waals surface area contributed by atoms with Gasteiger partial charge in [0, 0.05) is 44.0 Å². The van der Waals surface area contributed by atoms with Gasteiger partial charge in [0.15, 0.2) is 17.5 Å². The van der Waals surface area contributed by atoms with Crippen LogP contribution >= 0.6 is 0 Å². The fourth-order valence-corrected chi connectivity index (χ4v) is 3.79. The first kappa shape index (κ1) is 19.3. The molecule has 4 aromatic rings. The van der Waals surface area contributed by atoms with E-state index in [2.05, 4.69) is 40.1 Å². The molecule has 9 nitrogen and oxygen atoms in total. The number of rotatable bonds is 5. The summed E-state index contributed by atoms with van der Waals surface area (Å²) in [6.07, 6.45) is 6.22. The van der Waals surface area contributed by atoms with Gasteiger partial charge in [-0.05, 0) is 54.8 Å². The second-order valence-corrected chi connectivity index (χ2v) is 7.61. The van der Waals surface area contributed by atoms with Gasteiger partial charge < -0.3 is 4.90 Å². The van der Waals surface area contributed by atoms with E-state index in [0.29, 0.717) is 24.5 Å². The molecular weight excluding hydrogens is 397 g/mol. The highest BCUT2D eigenvalue weighted by Gasteiger charge is 2.22. The molecule has 0 atom stereocenters. The Balaban J connectivity index is 1.35. The second-order valence-electron chi connectivity index (χ2n) is 7.61. The van der Waals surface area contributed by atoms with Crippen LogP contribution in [0.2, 0.25) is 0 Å². The van der Waals surface area contributed by atoms with Crippen molar-refractivity contribution in [3.05, 3.63) is 59.9 Å². The number of hydrogen-bond acceptors (Lipinski definition) is 7. The number of aromatic nitrogens is 8. The van der Waals surface area contributed by atoms with Crippen molar-refractivity contribution in [1.82, 2.24) is 40.0 Å². The summed E-state index contributed by atoms with van der Waals surface area (Å²) in [5, 5.41) is 21.4. The number of hydrogen-bond donors (Lipinski definition) is 0. The standard InChI is InChI=1S/C21H22FN9/c1-15-4-5-17(22)18(14-15)31-27-19(24-28-31)8-13-29-11-2-3-12-30-20(25-26-21(29)30)16-6-9-23-10-7-16/h4-7,9-10,14H,2-3,8,11-13H2,1H3. The van der Waals surface area contributed by atoms with E-state index >= 15 is 0 Å². The smallest absolute Gasteiger partial charge is 0.227 e. The van der Waals surface area contributed by atoms with Crippen LogP contribution in [0.15, 0.2) is 42.7 Å². The molecule has 1 aliphatic heterocycles. The minimum absolute atomic E-state index is 0.301. The van der Waals surface area contributed by atoms with Crippen molar-refractivity contribution in [3.8, 4) is 17.1 Å².